The standard InChI is InChI=1S/C10H11Cl2N3/c1-6(2)5-15-4-3-7-8(11)13-10(12)14-9(7)15/h3-4,6H,5H2,1-2H3. The minimum absolute atomic E-state index is 0.191. The molecule has 0 saturated carbocycles. The molecule has 0 aliphatic heterocycles. The lowest BCUT2D eigenvalue weighted by Gasteiger charge is -2.07. The van der Waals surface area contributed by atoms with Crippen molar-refractivity contribution in [1.29, 1.82) is 0 Å². The fraction of sp³-hybridized carbons (Fsp3) is 0.400. The zero-order valence-electron chi connectivity index (χ0n) is 8.54. The largest absolute Gasteiger partial charge is 0.332 e. The molecule has 2 rings (SSSR count). The number of rotatable bonds is 2. The Morgan fingerprint density at radius 3 is 2.73 bits per heavy atom. The van der Waals surface area contributed by atoms with E-state index in [2.05, 4.69) is 23.8 Å². The van der Waals surface area contributed by atoms with Crippen LogP contribution in [0.3, 0.4) is 0 Å². The third kappa shape index (κ3) is 2.08. The van der Waals surface area contributed by atoms with Crippen LogP contribution in [0, 0.1) is 5.92 Å². The van der Waals surface area contributed by atoms with Gasteiger partial charge in [-0.1, -0.05) is 25.4 Å². The van der Waals surface area contributed by atoms with E-state index in [1.165, 1.54) is 0 Å². The highest BCUT2D eigenvalue weighted by Gasteiger charge is 2.09. The normalized spacial score (nSPS) is 11.5. The van der Waals surface area contributed by atoms with Gasteiger partial charge in [0.15, 0.2) is 0 Å². The quantitative estimate of drug-likeness (QED) is 0.598. The van der Waals surface area contributed by atoms with Gasteiger partial charge in [0.25, 0.3) is 0 Å². The Morgan fingerprint density at radius 2 is 2.07 bits per heavy atom. The minimum atomic E-state index is 0.191. The number of nitrogens with zero attached hydrogens (tertiary/aromatic N) is 3. The first-order valence-corrected chi connectivity index (χ1v) is 5.51. The van der Waals surface area contributed by atoms with E-state index in [9.17, 15) is 0 Å². The highest BCUT2D eigenvalue weighted by atomic mass is 35.5. The molecule has 0 aliphatic rings. The summed E-state index contributed by atoms with van der Waals surface area (Å²) in [6, 6.07) is 1.91. The van der Waals surface area contributed by atoms with Crippen LogP contribution in [-0.4, -0.2) is 14.5 Å². The molecular weight excluding hydrogens is 233 g/mol. The van der Waals surface area contributed by atoms with E-state index in [0.717, 1.165) is 17.6 Å². The first kappa shape index (κ1) is 10.7. The van der Waals surface area contributed by atoms with Crippen molar-refractivity contribution in [3.05, 3.63) is 22.7 Å². The molecule has 0 spiro atoms. The summed E-state index contributed by atoms with van der Waals surface area (Å²) in [6.07, 6.45) is 1.96. The van der Waals surface area contributed by atoms with E-state index in [1.807, 2.05) is 16.8 Å². The Balaban J connectivity index is 2.58. The number of aromatic nitrogens is 3. The SMILES string of the molecule is CC(C)Cn1ccc2c(Cl)nc(Cl)nc21. The molecule has 0 amide bonds. The fourth-order valence-electron chi connectivity index (χ4n) is 1.54. The van der Waals surface area contributed by atoms with Crippen molar-refractivity contribution in [1.82, 2.24) is 14.5 Å². The van der Waals surface area contributed by atoms with Gasteiger partial charge in [0, 0.05) is 12.7 Å². The lowest BCUT2D eigenvalue weighted by atomic mass is 10.2. The summed E-state index contributed by atoms with van der Waals surface area (Å²) in [7, 11) is 0. The van der Waals surface area contributed by atoms with Gasteiger partial charge in [0.05, 0.1) is 5.39 Å². The molecule has 2 aromatic heterocycles. The highest BCUT2D eigenvalue weighted by Crippen LogP contribution is 2.23. The molecule has 2 aromatic rings. The zero-order chi connectivity index (χ0) is 11.0. The molecule has 0 aliphatic carbocycles. The van der Waals surface area contributed by atoms with E-state index in [0.29, 0.717) is 11.1 Å². The van der Waals surface area contributed by atoms with Crippen molar-refractivity contribution in [3.8, 4) is 0 Å². The molecule has 0 N–H and O–H groups in total. The third-order valence-corrected chi connectivity index (χ3v) is 2.56. The van der Waals surface area contributed by atoms with Crippen LogP contribution in [0.15, 0.2) is 12.3 Å². The van der Waals surface area contributed by atoms with Crippen LogP contribution in [0.2, 0.25) is 10.4 Å². The molecule has 5 heteroatoms. The van der Waals surface area contributed by atoms with Crippen LogP contribution in [0.4, 0.5) is 0 Å². The monoisotopic (exact) mass is 243 g/mol. The van der Waals surface area contributed by atoms with Crippen molar-refractivity contribution in [2.24, 2.45) is 5.92 Å². The Hall–Kier alpha value is -0.800. The van der Waals surface area contributed by atoms with E-state index >= 15 is 0 Å². The average Bonchev–Trinajstić information content (AvgIpc) is 2.48. The molecule has 0 saturated heterocycles. The van der Waals surface area contributed by atoms with Gasteiger partial charge in [-0.2, -0.15) is 4.98 Å². The van der Waals surface area contributed by atoms with Gasteiger partial charge in [0.1, 0.15) is 10.8 Å². The number of hydrogen-bond acceptors (Lipinski definition) is 2. The van der Waals surface area contributed by atoms with Crippen LogP contribution in [0.25, 0.3) is 11.0 Å². The summed E-state index contributed by atoms with van der Waals surface area (Å²) in [5.74, 6) is 0.549. The Bertz CT molecular complexity index is 491. The number of fused-ring (bicyclic) bond motifs is 1. The second-order valence-corrected chi connectivity index (χ2v) is 4.58. The molecule has 0 atom stereocenters. The van der Waals surface area contributed by atoms with Gasteiger partial charge in [-0.3, -0.25) is 0 Å². The Morgan fingerprint density at radius 1 is 1.33 bits per heavy atom. The molecule has 0 fully saturated rings. The smallest absolute Gasteiger partial charge is 0.225 e. The van der Waals surface area contributed by atoms with Gasteiger partial charge in [-0.05, 0) is 23.6 Å². The average molecular weight is 244 g/mol. The van der Waals surface area contributed by atoms with Crippen LogP contribution < -0.4 is 0 Å². The van der Waals surface area contributed by atoms with Crippen LogP contribution in [-0.2, 0) is 6.54 Å². The molecule has 0 unspecified atom stereocenters. The zero-order valence-corrected chi connectivity index (χ0v) is 10.0. The van der Waals surface area contributed by atoms with Gasteiger partial charge < -0.3 is 4.57 Å². The van der Waals surface area contributed by atoms with Gasteiger partial charge in [-0.15, -0.1) is 0 Å². The maximum absolute atomic E-state index is 5.96. The summed E-state index contributed by atoms with van der Waals surface area (Å²) in [6.45, 7) is 5.19. The van der Waals surface area contributed by atoms with E-state index in [-0.39, 0.29) is 5.28 Å². The van der Waals surface area contributed by atoms with Crippen LogP contribution in [0.1, 0.15) is 13.8 Å². The van der Waals surface area contributed by atoms with Crippen molar-refractivity contribution in [3.63, 3.8) is 0 Å². The van der Waals surface area contributed by atoms with Crippen molar-refractivity contribution in [2.45, 2.75) is 20.4 Å². The Labute approximate surface area is 98.0 Å². The van der Waals surface area contributed by atoms with Gasteiger partial charge >= 0.3 is 0 Å². The molecule has 0 bridgehead atoms. The second-order valence-electron chi connectivity index (χ2n) is 3.88. The van der Waals surface area contributed by atoms with Gasteiger partial charge in [0.2, 0.25) is 5.28 Å². The van der Waals surface area contributed by atoms with E-state index in [4.69, 9.17) is 23.2 Å². The molecule has 2 heterocycles. The van der Waals surface area contributed by atoms with Crippen molar-refractivity contribution >= 4 is 34.2 Å². The lowest BCUT2D eigenvalue weighted by molar-refractivity contribution is 0.533. The first-order valence-electron chi connectivity index (χ1n) is 4.76. The third-order valence-electron chi connectivity index (χ3n) is 2.11. The van der Waals surface area contributed by atoms with Crippen LogP contribution in [0.5, 0.6) is 0 Å². The molecule has 0 radical (unpaired) electrons. The van der Waals surface area contributed by atoms with E-state index in [1.54, 1.807) is 0 Å². The minimum Gasteiger partial charge on any atom is -0.332 e. The lowest BCUT2D eigenvalue weighted by Crippen LogP contribution is -2.04. The van der Waals surface area contributed by atoms with Crippen molar-refractivity contribution < 1.29 is 0 Å². The summed E-state index contributed by atoms with van der Waals surface area (Å²) in [5, 5.41) is 1.45. The molecule has 15 heavy (non-hydrogen) atoms. The topological polar surface area (TPSA) is 30.7 Å². The summed E-state index contributed by atoms with van der Waals surface area (Å²) in [5.41, 5.74) is 0.800. The molecular formula is C10H11Cl2N3. The summed E-state index contributed by atoms with van der Waals surface area (Å²) < 4.78 is 2.04. The molecule has 0 aromatic carbocycles. The number of hydrogen-bond donors (Lipinski definition) is 0. The maximum atomic E-state index is 5.96. The molecule has 3 nitrogen and oxygen atoms in total. The fourth-order valence-corrected chi connectivity index (χ4v) is 1.98. The Kier molecular flexibility index (Phi) is 2.85. The maximum Gasteiger partial charge on any atom is 0.225 e. The van der Waals surface area contributed by atoms with Gasteiger partial charge in [-0.25, -0.2) is 4.98 Å². The van der Waals surface area contributed by atoms with E-state index < -0.39 is 0 Å². The predicted octanol–water partition coefficient (Wildman–Crippen LogP) is 3.39. The van der Waals surface area contributed by atoms with Crippen LogP contribution >= 0.6 is 23.2 Å². The number of halogens is 2. The predicted molar refractivity (Wildman–Crippen MR) is 62.4 cm³/mol. The summed E-state index contributed by atoms with van der Waals surface area (Å²) in [4.78, 5) is 8.08. The first-order chi connectivity index (χ1) is 7.08. The molecule has 80 valence electrons. The highest BCUT2D eigenvalue weighted by molar-refractivity contribution is 6.35. The van der Waals surface area contributed by atoms with Crippen molar-refractivity contribution in [2.75, 3.05) is 0 Å². The second kappa shape index (κ2) is 3.99. The summed E-state index contributed by atoms with van der Waals surface area (Å²) >= 11 is 11.7.